The number of ether oxygens (including phenoxy) is 2. The van der Waals surface area contributed by atoms with Gasteiger partial charge >= 0.3 is 0 Å². The van der Waals surface area contributed by atoms with Crippen LogP contribution in [-0.4, -0.2) is 25.6 Å². The molecule has 0 fully saturated rings. The molecule has 1 rings (SSSR count). The van der Waals surface area contributed by atoms with Gasteiger partial charge in [0.25, 0.3) is 0 Å². The largest absolute Gasteiger partial charge is 0.497 e. The highest BCUT2D eigenvalue weighted by atomic mass is 16.5. The van der Waals surface area contributed by atoms with Crippen LogP contribution >= 0.6 is 0 Å². The molecule has 0 aliphatic rings. The van der Waals surface area contributed by atoms with Crippen molar-refractivity contribution in [2.45, 2.75) is 0 Å². The topological polar surface area (TPSA) is 51.0 Å². The molecular formula is C9H11NO3. The highest BCUT2D eigenvalue weighted by Crippen LogP contribution is 2.22. The lowest BCUT2D eigenvalue weighted by Crippen LogP contribution is -1.92. The summed E-state index contributed by atoms with van der Waals surface area (Å²) in [4.78, 5) is 0. The standard InChI is InChI=1S/C9H11NO3/c1-12-8-4-3-7(6-10-11)9(5-8)13-2/h3-6,11H,1-2H3. The van der Waals surface area contributed by atoms with Gasteiger partial charge in [0, 0.05) is 11.6 Å². The molecule has 0 aliphatic carbocycles. The minimum Gasteiger partial charge on any atom is -0.497 e. The molecule has 0 saturated carbocycles. The van der Waals surface area contributed by atoms with Crippen molar-refractivity contribution in [3.05, 3.63) is 23.8 Å². The Morgan fingerprint density at radius 2 is 2.08 bits per heavy atom. The summed E-state index contributed by atoms with van der Waals surface area (Å²) in [5.74, 6) is 1.31. The van der Waals surface area contributed by atoms with Crippen molar-refractivity contribution in [2.24, 2.45) is 5.16 Å². The summed E-state index contributed by atoms with van der Waals surface area (Å²) in [7, 11) is 3.12. The number of rotatable bonds is 3. The van der Waals surface area contributed by atoms with Crippen molar-refractivity contribution in [1.29, 1.82) is 0 Å². The van der Waals surface area contributed by atoms with Gasteiger partial charge in [-0.2, -0.15) is 0 Å². The van der Waals surface area contributed by atoms with Crippen molar-refractivity contribution in [3.63, 3.8) is 0 Å². The van der Waals surface area contributed by atoms with Crippen LogP contribution in [0.4, 0.5) is 0 Å². The number of oxime groups is 1. The second-order valence-electron chi connectivity index (χ2n) is 2.35. The minimum atomic E-state index is 0.608. The first-order valence-electron chi connectivity index (χ1n) is 3.71. The van der Waals surface area contributed by atoms with E-state index in [-0.39, 0.29) is 0 Å². The zero-order valence-electron chi connectivity index (χ0n) is 7.52. The summed E-state index contributed by atoms with van der Waals surface area (Å²) >= 11 is 0. The lowest BCUT2D eigenvalue weighted by Gasteiger charge is -2.05. The van der Waals surface area contributed by atoms with Crippen LogP contribution < -0.4 is 9.47 Å². The third-order valence-electron chi connectivity index (χ3n) is 1.64. The van der Waals surface area contributed by atoms with E-state index in [1.54, 1.807) is 32.4 Å². The van der Waals surface area contributed by atoms with Gasteiger partial charge in [0.05, 0.1) is 20.4 Å². The first kappa shape index (κ1) is 9.38. The van der Waals surface area contributed by atoms with Crippen LogP contribution in [0.5, 0.6) is 11.5 Å². The van der Waals surface area contributed by atoms with Gasteiger partial charge in [-0.1, -0.05) is 5.16 Å². The van der Waals surface area contributed by atoms with Crippen molar-refractivity contribution < 1.29 is 14.7 Å². The lowest BCUT2D eigenvalue weighted by atomic mass is 10.2. The molecule has 0 atom stereocenters. The highest BCUT2D eigenvalue weighted by Gasteiger charge is 2.01. The number of hydrogen-bond donors (Lipinski definition) is 1. The van der Waals surface area contributed by atoms with Gasteiger partial charge in [-0.05, 0) is 12.1 Å². The monoisotopic (exact) mass is 181 g/mol. The summed E-state index contributed by atoms with van der Waals surface area (Å²) in [5, 5.41) is 11.3. The Kier molecular flexibility index (Phi) is 3.14. The molecule has 0 bridgehead atoms. The maximum absolute atomic E-state index is 8.35. The molecule has 0 spiro atoms. The fourth-order valence-corrected chi connectivity index (χ4v) is 0.987. The molecule has 0 saturated heterocycles. The second kappa shape index (κ2) is 4.35. The van der Waals surface area contributed by atoms with E-state index in [1.165, 1.54) is 6.21 Å². The molecule has 0 aliphatic heterocycles. The van der Waals surface area contributed by atoms with Crippen molar-refractivity contribution >= 4 is 6.21 Å². The van der Waals surface area contributed by atoms with Gasteiger partial charge in [-0.25, -0.2) is 0 Å². The maximum Gasteiger partial charge on any atom is 0.131 e. The molecule has 13 heavy (non-hydrogen) atoms. The average Bonchev–Trinajstić information content (AvgIpc) is 2.19. The van der Waals surface area contributed by atoms with E-state index in [9.17, 15) is 0 Å². The molecule has 1 aromatic carbocycles. The molecule has 0 heterocycles. The van der Waals surface area contributed by atoms with E-state index in [4.69, 9.17) is 14.7 Å². The van der Waals surface area contributed by atoms with Crippen LogP contribution in [-0.2, 0) is 0 Å². The zero-order chi connectivity index (χ0) is 9.68. The molecule has 0 radical (unpaired) electrons. The van der Waals surface area contributed by atoms with Gasteiger partial charge in [0.2, 0.25) is 0 Å². The third-order valence-corrected chi connectivity index (χ3v) is 1.64. The van der Waals surface area contributed by atoms with Crippen LogP contribution in [0.1, 0.15) is 5.56 Å². The van der Waals surface area contributed by atoms with Gasteiger partial charge in [0.1, 0.15) is 11.5 Å². The van der Waals surface area contributed by atoms with Crippen LogP contribution in [0.2, 0.25) is 0 Å². The summed E-state index contributed by atoms with van der Waals surface area (Å²) in [5.41, 5.74) is 0.700. The molecule has 70 valence electrons. The molecule has 4 nitrogen and oxygen atoms in total. The van der Waals surface area contributed by atoms with Crippen molar-refractivity contribution in [3.8, 4) is 11.5 Å². The Balaban J connectivity index is 3.07. The normalized spacial score (nSPS) is 10.3. The average molecular weight is 181 g/mol. The van der Waals surface area contributed by atoms with E-state index in [1.807, 2.05) is 0 Å². The van der Waals surface area contributed by atoms with Gasteiger partial charge in [0.15, 0.2) is 0 Å². The number of nitrogens with zero attached hydrogens (tertiary/aromatic N) is 1. The molecule has 1 N–H and O–H groups in total. The minimum absolute atomic E-state index is 0.608. The highest BCUT2D eigenvalue weighted by molar-refractivity contribution is 5.83. The van der Waals surface area contributed by atoms with E-state index in [0.717, 1.165) is 0 Å². The van der Waals surface area contributed by atoms with Gasteiger partial charge < -0.3 is 14.7 Å². The van der Waals surface area contributed by atoms with Crippen molar-refractivity contribution in [2.75, 3.05) is 14.2 Å². The van der Waals surface area contributed by atoms with Crippen LogP contribution in [0, 0.1) is 0 Å². The SMILES string of the molecule is COc1ccc(C=NO)c(OC)c1. The summed E-state index contributed by atoms with van der Waals surface area (Å²) in [6, 6.07) is 5.23. The molecule has 0 unspecified atom stereocenters. The van der Waals surface area contributed by atoms with E-state index < -0.39 is 0 Å². The summed E-state index contributed by atoms with van der Waals surface area (Å²) in [6.45, 7) is 0. The van der Waals surface area contributed by atoms with E-state index in [2.05, 4.69) is 5.16 Å². The molecule has 4 heteroatoms. The third kappa shape index (κ3) is 2.11. The first-order valence-corrected chi connectivity index (χ1v) is 3.71. The van der Waals surface area contributed by atoms with E-state index in [0.29, 0.717) is 17.1 Å². The Hall–Kier alpha value is -1.71. The molecule has 0 amide bonds. The Labute approximate surface area is 76.4 Å². The predicted molar refractivity (Wildman–Crippen MR) is 48.9 cm³/mol. The van der Waals surface area contributed by atoms with Crippen molar-refractivity contribution in [1.82, 2.24) is 0 Å². The van der Waals surface area contributed by atoms with Gasteiger partial charge in [-0.15, -0.1) is 0 Å². The van der Waals surface area contributed by atoms with Gasteiger partial charge in [-0.3, -0.25) is 0 Å². The molecule has 1 aromatic rings. The maximum atomic E-state index is 8.35. The first-order chi connectivity index (χ1) is 6.31. The Morgan fingerprint density at radius 1 is 1.31 bits per heavy atom. The van der Waals surface area contributed by atoms with Crippen LogP contribution in [0.3, 0.4) is 0 Å². The fraction of sp³-hybridized carbons (Fsp3) is 0.222. The zero-order valence-corrected chi connectivity index (χ0v) is 7.52. The van der Waals surface area contributed by atoms with Crippen LogP contribution in [0.15, 0.2) is 23.4 Å². The molecule has 0 aromatic heterocycles. The predicted octanol–water partition coefficient (Wildman–Crippen LogP) is 1.51. The Morgan fingerprint density at radius 3 is 2.62 bits per heavy atom. The number of benzene rings is 1. The lowest BCUT2D eigenvalue weighted by molar-refractivity contribution is 0.321. The number of hydrogen-bond acceptors (Lipinski definition) is 4. The molecular weight excluding hydrogens is 170 g/mol. The fourth-order valence-electron chi connectivity index (χ4n) is 0.987. The smallest absolute Gasteiger partial charge is 0.131 e. The van der Waals surface area contributed by atoms with E-state index >= 15 is 0 Å². The second-order valence-corrected chi connectivity index (χ2v) is 2.35. The number of methoxy groups -OCH3 is 2. The summed E-state index contributed by atoms with van der Waals surface area (Å²) < 4.78 is 10.1. The summed E-state index contributed by atoms with van der Waals surface area (Å²) in [6.07, 6.45) is 1.30. The van der Waals surface area contributed by atoms with Crippen LogP contribution in [0.25, 0.3) is 0 Å². The quantitative estimate of drug-likeness (QED) is 0.437. The Bertz CT molecular complexity index is 310.